The van der Waals surface area contributed by atoms with E-state index in [1.165, 1.54) is 33.6 Å². The normalized spacial score (nSPS) is 21.0. The summed E-state index contributed by atoms with van der Waals surface area (Å²) in [7, 11) is -1.93. The number of hydrogen-bond acceptors (Lipinski definition) is 2. The SMILES string of the molecule is Cc1cccc(C)c1N1P(Cl)N(c2c(C)cccc2C)P1Cl. The summed E-state index contributed by atoms with van der Waals surface area (Å²) in [6.45, 7) is 8.46. The van der Waals surface area contributed by atoms with Crippen molar-refractivity contribution in [2.75, 3.05) is 8.88 Å². The average Bonchev–Trinajstić information content (AvgIpc) is 2.46. The molecular weight excluding hydrogens is 353 g/mol. The van der Waals surface area contributed by atoms with E-state index < -0.39 is 15.2 Å². The topological polar surface area (TPSA) is 6.48 Å². The van der Waals surface area contributed by atoms with Gasteiger partial charge in [-0.15, -0.1) is 0 Å². The van der Waals surface area contributed by atoms with Crippen LogP contribution in [0.4, 0.5) is 11.4 Å². The maximum atomic E-state index is 6.78. The first-order chi connectivity index (χ1) is 10.4. The lowest BCUT2D eigenvalue weighted by Gasteiger charge is -2.53. The lowest BCUT2D eigenvalue weighted by atomic mass is 10.1. The molecule has 0 spiro atoms. The van der Waals surface area contributed by atoms with Gasteiger partial charge in [-0.1, -0.05) is 36.4 Å². The number of para-hydroxylation sites is 2. The number of aryl methyl sites for hydroxylation is 4. The van der Waals surface area contributed by atoms with Crippen LogP contribution in [0.15, 0.2) is 36.4 Å². The van der Waals surface area contributed by atoms with Gasteiger partial charge in [0.15, 0.2) is 0 Å². The Morgan fingerprint density at radius 1 is 0.636 bits per heavy atom. The van der Waals surface area contributed by atoms with Gasteiger partial charge >= 0.3 is 0 Å². The highest BCUT2D eigenvalue weighted by atomic mass is 35.7. The van der Waals surface area contributed by atoms with Gasteiger partial charge in [-0.25, -0.2) is 0 Å². The summed E-state index contributed by atoms with van der Waals surface area (Å²) >= 11 is 13.6. The lowest BCUT2D eigenvalue weighted by Crippen LogP contribution is -2.33. The zero-order valence-electron chi connectivity index (χ0n) is 13.0. The molecule has 0 bridgehead atoms. The molecule has 0 atom stereocenters. The minimum atomic E-state index is -0.966. The van der Waals surface area contributed by atoms with Crippen LogP contribution in [0.3, 0.4) is 0 Å². The van der Waals surface area contributed by atoms with Crippen molar-refractivity contribution in [3.05, 3.63) is 58.7 Å². The highest BCUT2D eigenvalue weighted by molar-refractivity contribution is 8.15. The second kappa shape index (κ2) is 6.17. The van der Waals surface area contributed by atoms with E-state index in [0.717, 1.165) is 0 Å². The first-order valence-electron chi connectivity index (χ1n) is 7.07. The van der Waals surface area contributed by atoms with Crippen molar-refractivity contribution in [2.45, 2.75) is 27.7 Å². The summed E-state index contributed by atoms with van der Waals surface area (Å²) in [5.41, 5.74) is 7.27. The van der Waals surface area contributed by atoms with Gasteiger partial charge in [0.2, 0.25) is 15.2 Å². The molecule has 0 aromatic heterocycles. The molecule has 0 saturated carbocycles. The van der Waals surface area contributed by atoms with Crippen LogP contribution in [0, 0.1) is 27.7 Å². The van der Waals surface area contributed by atoms with E-state index in [0.29, 0.717) is 0 Å². The molecule has 116 valence electrons. The number of hydrogen-bond donors (Lipinski definition) is 0. The Bertz CT molecular complexity index is 613. The zero-order valence-corrected chi connectivity index (χ0v) is 16.3. The summed E-state index contributed by atoms with van der Waals surface area (Å²) in [5.74, 6) is 0. The van der Waals surface area contributed by atoms with Gasteiger partial charge in [0.25, 0.3) is 0 Å². The molecule has 1 heterocycles. The van der Waals surface area contributed by atoms with Crippen LogP contribution in [0.2, 0.25) is 0 Å². The molecule has 22 heavy (non-hydrogen) atoms. The molecule has 1 saturated heterocycles. The first-order valence-corrected chi connectivity index (χ1v) is 11.4. The molecule has 1 aliphatic heterocycles. The molecule has 0 amide bonds. The molecule has 0 unspecified atom stereocenters. The van der Waals surface area contributed by atoms with E-state index in [2.05, 4.69) is 73.0 Å². The highest BCUT2D eigenvalue weighted by Gasteiger charge is 2.48. The predicted molar refractivity (Wildman–Crippen MR) is 102 cm³/mol. The number of anilines is 2. The van der Waals surface area contributed by atoms with E-state index in [1.54, 1.807) is 0 Å². The zero-order chi connectivity index (χ0) is 16.0. The fraction of sp³-hybridized carbons (Fsp3) is 0.250. The van der Waals surface area contributed by atoms with Crippen molar-refractivity contribution >= 4 is 49.0 Å². The largest absolute Gasteiger partial charge is 0.268 e. The molecular formula is C16H18Cl2N2P2. The molecule has 0 aliphatic carbocycles. The van der Waals surface area contributed by atoms with Gasteiger partial charge < -0.3 is 0 Å². The van der Waals surface area contributed by atoms with E-state index >= 15 is 0 Å². The molecule has 0 radical (unpaired) electrons. The minimum Gasteiger partial charge on any atom is -0.268 e. The van der Waals surface area contributed by atoms with Crippen LogP contribution in [0.25, 0.3) is 0 Å². The Kier molecular flexibility index (Phi) is 4.59. The predicted octanol–water partition coefficient (Wildman–Crippen LogP) is 7.18. The number of halogens is 2. The molecule has 2 aromatic rings. The summed E-state index contributed by atoms with van der Waals surface area (Å²) in [4.78, 5) is 0. The van der Waals surface area contributed by atoms with Crippen molar-refractivity contribution in [2.24, 2.45) is 0 Å². The molecule has 6 heteroatoms. The van der Waals surface area contributed by atoms with E-state index in [1.807, 2.05) is 0 Å². The molecule has 1 aliphatic rings. The van der Waals surface area contributed by atoms with Crippen molar-refractivity contribution in [3.8, 4) is 0 Å². The fourth-order valence-electron chi connectivity index (χ4n) is 2.82. The Hall–Kier alpha value is -0.520. The number of nitrogens with zero attached hydrogens (tertiary/aromatic N) is 2. The van der Waals surface area contributed by atoms with Gasteiger partial charge in [0.1, 0.15) is 0 Å². The van der Waals surface area contributed by atoms with Crippen LogP contribution in [-0.4, -0.2) is 0 Å². The summed E-state index contributed by atoms with van der Waals surface area (Å²) in [6, 6.07) is 12.6. The van der Waals surface area contributed by atoms with E-state index in [9.17, 15) is 0 Å². The maximum Gasteiger partial charge on any atom is 0.209 e. The third-order valence-corrected chi connectivity index (χ3v) is 11.1. The quantitative estimate of drug-likeness (QED) is 0.516. The van der Waals surface area contributed by atoms with Crippen molar-refractivity contribution in [1.29, 1.82) is 0 Å². The second-order valence-electron chi connectivity index (χ2n) is 5.54. The third kappa shape index (κ3) is 2.51. The summed E-state index contributed by atoms with van der Waals surface area (Å²) < 4.78 is 4.40. The van der Waals surface area contributed by atoms with Gasteiger partial charge in [-0.2, -0.15) is 0 Å². The number of benzene rings is 2. The Labute approximate surface area is 144 Å². The second-order valence-corrected chi connectivity index (χ2v) is 10.5. The van der Waals surface area contributed by atoms with Gasteiger partial charge in [-0.05, 0) is 72.4 Å². The Balaban J connectivity index is 1.99. The molecule has 0 N–H and O–H groups in total. The monoisotopic (exact) mass is 370 g/mol. The maximum absolute atomic E-state index is 6.78. The molecule has 2 aromatic carbocycles. The van der Waals surface area contributed by atoms with Gasteiger partial charge in [-0.3, -0.25) is 8.88 Å². The van der Waals surface area contributed by atoms with Crippen LogP contribution in [-0.2, 0) is 0 Å². The first kappa shape index (κ1) is 16.3. The fourth-order valence-corrected chi connectivity index (χ4v) is 10.3. The Morgan fingerprint density at radius 3 is 1.18 bits per heavy atom. The van der Waals surface area contributed by atoms with Crippen molar-refractivity contribution in [3.63, 3.8) is 0 Å². The van der Waals surface area contributed by atoms with E-state index in [-0.39, 0.29) is 0 Å². The Morgan fingerprint density at radius 2 is 0.909 bits per heavy atom. The smallest absolute Gasteiger partial charge is 0.209 e. The highest BCUT2D eigenvalue weighted by Crippen LogP contribution is 2.83. The van der Waals surface area contributed by atoms with Crippen LogP contribution < -0.4 is 8.88 Å². The third-order valence-electron chi connectivity index (χ3n) is 3.90. The summed E-state index contributed by atoms with van der Waals surface area (Å²) in [5, 5.41) is 0. The van der Waals surface area contributed by atoms with Gasteiger partial charge in [0.05, 0.1) is 11.4 Å². The molecule has 2 nitrogen and oxygen atoms in total. The minimum absolute atomic E-state index is 0.966. The average molecular weight is 371 g/mol. The van der Waals surface area contributed by atoms with Gasteiger partial charge in [0, 0.05) is 0 Å². The van der Waals surface area contributed by atoms with E-state index in [4.69, 9.17) is 22.5 Å². The molecule has 3 rings (SSSR count). The van der Waals surface area contributed by atoms with Crippen LogP contribution in [0.5, 0.6) is 0 Å². The lowest BCUT2D eigenvalue weighted by molar-refractivity contribution is 1.29. The summed E-state index contributed by atoms with van der Waals surface area (Å²) in [6.07, 6.45) is 0. The molecule has 1 fully saturated rings. The van der Waals surface area contributed by atoms with Crippen LogP contribution in [0.1, 0.15) is 22.3 Å². The van der Waals surface area contributed by atoms with Crippen molar-refractivity contribution < 1.29 is 0 Å². The van der Waals surface area contributed by atoms with Crippen LogP contribution >= 0.6 is 37.6 Å². The number of rotatable bonds is 2. The standard InChI is InChI=1S/C16H18Cl2N2P2/c1-11-7-5-8-12(2)15(11)19-21(17)20(22(19)18)16-13(3)9-6-10-14(16)4/h5-10H,1-4H3. The van der Waals surface area contributed by atoms with Crippen molar-refractivity contribution in [1.82, 2.24) is 0 Å².